The summed E-state index contributed by atoms with van der Waals surface area (Å²) in [4.78, 5) is 13.4. The van der Waals surface area contributed by atoms with Crippen LogP contribution in [-0.2, 0) is 15.6 Å². The van der Waals surface area contributed by atoms with Crippen molar-refractivity contribution in [1.82, 2.24) is 10.2 Å². The fraction of sp³-hybridized carbons (Fsp3) is 0.900. The Kier molecular flexibility index (Phi) is 4.73. The lowest BCUT2D eigenvalue weighted by Crippen LogP contribution is -2.40. The predicted octanol–water partition coefficient (Wildman–Crippen LogP) is 0.169. The molecule has 0 aromatic heterocycles. The molecule has 15 heavy (non-hydrogen) atoms. The number of carbonyl (C=O) groups excluding carboxylic acids is 1. The summed E-state index contributed by atoms with van der Waals surface area (Å²) in [7, 11) is -0.826. The number of rotatable bonds is 5. The highest BCUT2D eigenvalue weighted by atomic mass is 32.2. The zero-order valence-corrected chi connectivity index (χ0v) is 10.5. The second-order valence-electron chi connectivity index (χ2n) is 4.39. The van der Waals surface area contributed by atoms with Crippen LogP contribution in [0, 0.1) is 5.92 Å². The van der Waals surface area contributed by atoms with Crippen LogP contribution in [-0.4, -0.2) is 46.3 Å². The molecule has 1 aliphatic rings. The quantitative estimate of drug-likeness (QED) is 0.735. The molecule has 0 aromatic carbocycles. The first-order valence-corrected chi connectivity index (χ1v) is 7.06. The van der Waals surface area contributed by atoms with Gasteiger partial charge in [-0.15, -0.1) is 0 Å². The van der Waals surface area contributed by atoms with Gasteiger partial charge in [0.25, 0.3) is 0 Å². The number of hydrogen-bond donors (Lipinski definition) is 1. The van der Waals surface area contributed by atoms with Crippen LogP contribution in [0.2, 0.25) is 0 Å². The molecule has 4 nitrogen and oxygen atoms in total. The van der Waals surface area contributed by atoms with Crippen LogP contribution in [0.15, 0.2) is 0 Å². The Labute approximate surface area is 93.9 Å². The standard InChI is InChI=1S/C10H20N2O2S/c1-8(2)6-9-11-7-10(13)12(9)4-5-15(3)14/h8-9,11H,4-7H2,1-3H3. The van der Waals surface area contributed by atoms with Crippen molar-refractivity contribution in [2.45, 2.75) is 26.4 Å². The molecule has 1 amide bonds. The highest BCUT2D eigenvalue weighted by Crippen LogP contribution is 2.13. The lowest BCUT2D eigenvalue weighted by Gasteiger charge is -2.25. The molecule has 1 saturated heterocycles. The van der Waals surface area contributed by atoms with Gasteiger partial charge < -0.3 is 4.90 Å². The van der Waals surface area contributed by atoms with Gasteiger partial charge in [0.1, 0.15) is 0 Å². The fourth-order valence-corrected chi connectivity index (χ4v) is 2.21. The van der Waals surface area contributed by atoms with Gasteiger partial charge in [0.15, 0.2) is 0 Å². The topological polar surface area (TPSA) is 49.4 Å². The van der Waals surface area contributed by atoms with Crippen LogP contribution in [0.25, 0.3) is 0 Å². The number of nitrogens with one attached hydrogen (secondary N) is 1. The van der Waals surface area contributed by atoms with E-state index in [0.29, 0.717) is 24.8 Å². The smallest absolute Gasteiger partial charge is 0.237 e. The van der Waals surface area contributed by atoms with E-state index >= 15 is 0 Å². The van der Waals surface area contributed by atoms with Crippen molar-refractivity contribution >= 4 is 16.7 Å². The van der Waals surface area contributed by atoms with Gasteiger partial charge in [0, 0.05) is 29.4 Å². The molecule has 88 valence electrons. The van der Waals surface area contributed by atoms with E-state index < -0.39 is 10.8 Å². The van der Waals surface area contributed by atoms with Gasteiger partial charge in [-0.2, -0.15) is 0 Å². The molecule has 1 N–H and O–H groups in total. The molecular formula is C10H20N2O2S. The van der Waals surface area contributed by atoms with Crippen molar-refractivity contribution in [1.29, 1.82) is 0 Å². The Hall–Kier alpha value is -0.420. The monoisotopic (exact) mass is 232 g/mol. The molecule has 0 bridgehead atoms. The lowest BCUT2D eigenvalue weighted by atomic mass is 10.1. The van der Waals surface area contributed by atoms with E-state index in [4.69, 9.17) is 0 Å². The molecular weight excluding hydrogens is 212 g/mol. The van der Waals surface area contributed by atoms with Crippen molar-refractivity contribution in [3.05, 3.63) is 0 Å². The highest BCUT2D eigenvalue weighted by molar-refractivity contribution is 7.84. The van der Waals surface area contributed by atoms with Gasteiger partial charge in [-0.05, 0) is 12.3 Å². The normalized spacial score (nSPS) is 23.9. The Morgan fingerprint density at radius 1 is 1.60 bits per heavy atom. The Bertz CT molecular complexity index is 256. The van der Waals surface area contributed by atoms with Crippen molar-refractivity contribution in [3.8, 4) is 0 Å². The van der Waals surface area contributed by atoms with Gasteiger partial charge in [-0.25, -0.2) is 0 Å². The largest absolute Gasteiger partial charge is 0.325 e. The van der Waals surface area contributed by atoms with Gasteiger partial charge in [0.05, 0.1) is 12.7 Å². The van der Waals surface area contributed by atoms with Crippen molar-refractivity contribution < 1.29 is 9.00 Å². The molecule has 0 saturated carbocycles. The second kappa shape index (κ2) is 5.61. The molecule has 1 heterocycles. The minimum absolute atomic E-state index is 0.131. The minimum Gasteiger partial charge on any atom is -0.325 e. The summed E-state index contributed by atoms with van der Waals surface area (Å²) < 4.78 is 11.0. The summed E-state index contributed by atoms with van der Waals surface area (Å²) in [5.41, 5.74) is 0. The molecule has 1 fully saturated rings. The first-order chi connectivity index (χ1) is 7.00. The summed E-state index contributed by atoms with van der Waals surface area (Å²) in [6, 6.07) is 0. The van der Waals surface area contributed by atoms with E-state index in [0.717, 1.165) is 6.42 Å². The van der Waals surface area contributed by atoms with E-state index in [9.17, 15) is 9.00 Å². The Morgan fingerprint density at radius 3 is 2.80 bits per heavy atom. The molecule has 5 heteroatoms. The average molecular weight is 232 g/mol. The average Bonchev–Trinajstić information content (AvgIpc) is 2.43. The van der Waals surface area contributed by atoms with Crippen LogP contribution < -0.4 is 5.32 Å². The van der Waals surface area contributed by atoms with Crippen LogP contribution >= 0.6 is 0 Å². The first kappa shape index (κ1) is 12.6. The summed E-state index contributed by atoms with van der Waals surface area (Å²) in [6.45, 7) is 5.31. The number of amides is 1. The van der Waals surface area contributed by atoms with Crippen LogP contribution in [0.1, 0.15) is 20.3 Å². The van der Waals surface area contributed by atoms with Crippen LogP contribution in [0.4, 0.5) is 0 Å². The minimum atomic E-state index is -0.826. The van der Waals surface area contributed by atoms with Gasteiger partial charge in [-0.3, -0.25) is 14.3 Å². The van der Waals surface area contributed by atoms with E-state index in [1.54, 1.807) is 6.26 Å². The van der Waals surface area contributed by atoms with Gasteiger partial charge in [0.2, 0.25) is 5.91 Å². The molecule has 0 spiro atoms. The van der Waals surface area contributed by atoms with E-state index in [1.165, 1.54) is 0 Å². The predicted molar refractivity (Wildman–Crippen MR) is 61.9 cm³/mol. The molecule has 0 aliphatic carbocycles. The van der Waals surface area contributed by atoms with Crippen molar-refractivity contribution in [3.63, 3.8) is 0 Å². The zero-order valence-electron chi connectivity index (χ0n) is 9.66. The maximum Gasteiger partial charge on any atom is 0.237 e. The second-order valence-corrected chi connectivity index (χ2v) is 5.95. The first-order valence-electron chi connectivity index (χ1n) is 5.33. The number of hydrogen-bond acceptors (Lipinski definition) is 3. The molecule has 0 aromatic rings. The third kappa shape index (κ3) is 3.91. The van der Waals surface area contributed by atoms with Crippen LogP contribution in [0.5, 0.6) is 0 Å². The molecule has 2 unspecified atom stereocenters. The van der Waals surface area contributed by atoms with E-state index in [-0.39, 0.29) is 12.1 Å². The summed E-state index contributed by atoms with van der Waals surface area (Å²) in [6.07, 6.45) is 2.77. The SMILES string of the molecule is CC(C)CC1NCC(=O)N1CCS(C)=O. The third-order valence-electron chi connectivity index (χ3n) is 2.50. The van der Waals surface area contributed by atoms with Crippen molar-refractivity contribution in [2.75, 3.05) is 25.1 Å². The number of carbonyl (C=O) groups is 1. The van der Waals surface area contributed by atoms with Gasteiger partial charge >= 0.3 is 0 Å². The van der Waals surface area contributed by atoms with E-state index in [2.05, 4.69) is 19.2 Å². The molecule has 0 radical (unpaired) electrons. The van der Waals surface area contributed by atoms with Crippen molar-refractivity contribution in [2.24, 2.45) is 5.92 Å². The zero-order chi connectivity index (χ0) is 11.4. The maximum atomic E-state index is 11.5. The summed E-state index contributed by atoms with van der Waals surface area (Å²) in [5, 5.41) is 3.19. The highest BCUT2D eigenvalue weighted by Gasteiger charge is 2.30. The van der Waals surface area contributed by atoms with E-state index in [1.807, 2.05) is 4.90 Å². The molecule has 2 atom stereocenters. The maximum absolute atomic E-state index is 11.5. The van der Waals surface area contributed by atoms with Gasteiger partial charge in [-0.1, -0.05) is 13.8 Å². The molecule has 1 aliphatic heterocycles. The number of nitrogens with zero attached hydrogens (tertiary/aromatic N) is 1. The summed E-state index contributed by atoms with van der Waals surface area (Å²) in [5.74, 6) is 1.26. The lowest BCUT2D eigenvalue weighted by molar-refractivity contribution is -0.127. The Morgan fingerprint density at radius 2 is 2.27 bits per heavy atom. The third-order valence-corrected chi connectivity index (χ3v) is 3.26. The molecule has 1 rings (SSSR count). The fourth-order valence-electron chi connectivity index (χ4n) is 1.76. The summed E-state index contributed by atoms with van der Waals surface area (Å²) >= 11 is 0. The van der Waals surface area contributed by atoms with Crippen LogP contribution in [0.3, 0.4) is 0 Å². The Balaban J connectivity index is 2.48.